The van der Waals surface area contributed by atoms with Gasteiger partial charge in [-0.25, -0.2) is 9.37 Å². The second-order valence-electron chi connectivity index (χ2n) is 4.88. The molecule has 1 fully saturated rings. The normalized spacial score (nSPS) is 18.3. The van der Waals surface area contributed by atoms with Crippen LogP contribution in [0.15, 0.2) is 23.6 Å². The Bertz CT molecular complexity index is 613. The van der Waals surface area contributed by atoms with Crippen LogP contribution in [-0.2, 0) is 22.0 Å². The molecule has 0 bridgehead atoms. The number of aromatic nitrogens is 1. The van der Waals surface area contributed by atoms with Gasteiger partial charge in [0.25, 0.3) is 0 Å². The first-order valence-electron chi connectivity index (χ1n) is 6.75. The Hall–Kier alpha value is -1.01. The van der Waals surface area contributed by atoms with E-state index in [2.05, 4.69) is 4.98 Å². The minimum atomic E-state index is -0.269. The van der Waals surface area contributed by atoms with E-state index in [0.29, 0.717) is 18.1 Å². The predicted molar refractivity (Wildman–Crippen MR) is 81.1 cm³/mol. The highest BCUT2D eigenvalue weighted by Gasteiger charge is 2.17. The zero-order chi connectivity index (χ0) is 14.7. The molecule has 112 valence electrons. The Kier molecular flexibility index (Phi) is 4.85. The van der Waals surface area contributed by atoms with E-state index in [1.807, 2.05) is 11.4 Å². The lowest BCUT2D eigenvalue weighted by molar-refractivity contribution is 0.0304. The van der Waals surface area contributed by atoms with Gasteiger partial charge in [0.2, 0.25) is 0 Å². The Balaban J connectivity index is 1.69. The van der Waals surface area contributed by atoms with E-state index in [1.54, 1.807) is 6.07 Å². The van der Waals surface area contributed by atoms with E-state index in [1.165, 1.54) is 17.4 Å². The summed E-state index contributed by atoms with van der Waals surface area (Å²) in [4.78, 5) is 4.35. The van der Waals surface area contributed by atoms with Crippen LogP contribution in [0.1, 0.15) is 17.7 Å². The third kappa shape index (κ3) is 3.61. The van der Waals surface area contributed by atoms with Crippen LogP contribution in [0.2, 0.25) is 0 Å². The molecule has 0 saturated carbocycles. The molecule has 3 rings (SSSR count). The van der Waals surface area contributed by atoms with E-state index >= 15 is 0 Å². The van der Waals surface area contributed by atoms with Crippen LogP contribution in [0, 0.1) is 5.82 Å². The zero-order valence-corrected chi connectivity index (χ0v) is 12.9. The first-order valence-corrected chi connectivity index (χ1v) is 8.16. The smallest absolute Gasteiger partial charge is 0.129 e. The minimum Gasteiger partial charge on any atom is -0.379 e. The van der Waals surface area contributed by atoms with Gasteiger partial charge in [0, 0.05) is 23.1 Å². The van der Waals surface area contributed by atoms with Gasteiger partial charge >= 0.3 is 0 Å². The number of nitrogens with zero attached hydrogens (tertiary/aromatic N) is 1. The molecule has 6 heteroatoms. The maximum Gasteiger partial charge on any atom is 0.129 e. The van der Waals surface area contributed by atoms with Crippen molar-refractivity contribution in [3.05, 3.63) is 40.7 Å². The number of halogens is 2. The standard InChI is InChI=1S/C15H15ClFNO2S/c16-6-12-9-21-15(18-12)10-1-2-11(14(17)5-10)7-20-13-3-4-19-8-13/h1-2,5,9,13H,3-4,6-8H2. The number of ether oxygens (including phenoxy) is 2. The lowest BCUT2D eigenvalue weighted by Crippen LogP contribution is -2.12. The van der Waals surface area contributed by atoms with Crippen molar-refractivity contribution < 1.29 is 13.9 Å². The summed E-state index contributed by atoms with van der Waals surface area (Å²) < 4.78 is 25.0. The van der Waals surface area contributed by atoms with E-state index in [-0.39, 0.29) is 18.5 Å². The fourth-order valence-corrected chi connectivity index (χ4v) is 3.20. The number of hydrogen-bond donors (Lipinski definition) is 0. The maximum atomic E-state index is 14.1. The van der Waals surface area contributed by atoms with Gasteiger partial charge < -0.3 is 9.47 Å². The van der Waals surface area contributed by atoms with E-state index in [9.17, 15) is 4.39 Å². The van der Waals surface area contributed by atoms with E-state index in [4.69, 9.17) is 21.1 Å². The Morgan fingerprint density at radius 3 is 3.05 bits per heavy atom. The SMILES string of the molecule is Fc1cc(-c2nc(CCl)cs2)ccc1COC1CCOC1. The fraction of sp³-hybridized carbons (Fsp3) is 0.400. The lowest BCUT2D eigenvalue weighted by Gasteiger charge is -2.10. The lowest BCUT2D eigenvalue weighted by atomic mass is 10.1. The van der Waals surface area contributed by atoms with Crippen molar-refractivity contribution in [2.45, 2.75) is 25.0 Å². The minimum absolute atomic E-state index is 0.0781. The van der Waals surface area contributed by atoms with Crippen LogP contribution >= 0.6 is 22.9 Å². The molecule has 2 aromatic rings. The van der Waals surface area contributed by atoms with Crippen LogP contribution in [0.3, 0.4) is 0 Å². The summed E-state index contributed by atoms with van der Waals surface area (Å²) in [6.07, 6.45) is 0.953. The monoisotopic (exact) mass is 327 g/mol. The summed E-state index contributed by atoms with van der Waals surface area (Å²) in [5, 5.41) is 2.67. The molecule has 21 heavy (non-hydrogen) atoms. The number of benzene rings is 1. The molecule has 0 spiro atoms. The van der Waals surface area contributed by atoms with Gasteiger partial charge in [0.05, 0.1) is 30.9 Å². The van der Waals surface area contributed by atoms with Crippen molar-refractivity contribution in [2.24, 2.45) is 0 Å². The van der Waals surface area contributed by atoms with Crippen molar-refractivity contribution in [2.75, 3.05) is 13.2 Å². The van der Waals surface area contributed by atoms with Gasteiger partial charge in [-0.15, -0.1) is 22.9 Å². The van der Waals surface area contributed by atoms with Crippen LogP contribution < -0.4 is 0 Å². The molecular weight excluding hydrogens is 313 g/mol. The Labute approximate surface area is 131 Å². The molecule has 1 aromatic heterocycles. The van der Waals surface area contributed by atoms with Crippen LogP contribution in [0.25, 0.3) is 10.6 Å². The summed E-state index contributed by atoms with van der Waals surface area (Å²) in [5.74, 6) is 0.100. The summed E-state index contributed by atoms with van der Waals surface area (Å²) in [6.45, 7) is 1.59. The maximum absolute atomic E-state index is 14.1. The second kappa shape index (κ2) is 6.83. The van der Waals surface area contributed by atoms with Crippen molar-refractivity contribution in [1.82, 2.24) is 4.98 Å². The van der Waals surface area contributed by atoms with Gasteiger partial charge in [-0.05, 0) is 12.5 Å². The van der Waals surface area contributed by atoms with E-state index < -0.39 is 0 Å². The average molecular weight is 328 g/mol. The van der Waals surface area contributed by atoms with Crippen LogP contribution in [0.4, 0.5) is 4.39 Å². The summed E-state index contributed by atoms with van der Waals surface area (Å²) in [5.41, 5.74) is 2.13. The molecule has 0 N–H and O–H groups in total. The van der Waals surface area contributed by atoms with Gasteiger partial charge in [-0.2, -0.15) is 0 Å². The number of thiazole rings is 1. The highest BCUT2D eigenvalue weighted by atomic mass is 35.5. The Morgan fingerprint density at radius 2 is 2.38 bits per heavy atom. The highest BCUT2D eigenvalue weighted by Crippen LogP contribution is 2.26. The van der Waals surface area contributed by atoms with Gasteiger partial charge in [0.1, 0.15) is 10.8 Å². The van der Waals surface area contributed by atoms with Crippen molar-refractivity contribution in [3.63, 3.8) is 0 Å². The third-order valence-electron chi connectivity index (χ3n) is 3.35. The van der Waals surface area contributed by atoms with Crippen molar-refractivity contribution in [3.8, 4) is 10.6 Å². The van der Waals surface area contributed by atoms with Crippen molar-refractivity contribution >= 4 is 22.9 Å². The number of rotatable bonds is 5. The molecule has 1 unspecified atom stereocenters. The van der Waals surface area contributed by atoms with Gasteiger partial charge in [-0.1, -0.05) is 12.1 Å². The van der Waals surface area contributed by atoms with Gasteiger partial charge in [-0.3, -0.25) is 0 Å². The third-order valence-corrected chi connectivity index (χ3v) is 4.57. The Morgan fingerprint density at radius 1 is 1.48 bits per heavy atom. The molecule has 0 aliphatic carbocycles. The molecule has 2 heterocycles. The molecule has 3 nitrogen and oxygen atoms in total. The first-order chi connectivity index (χ1) is 10.3. The second-order valence-corrected chi connectivity index (χ2v) is 6.01. The molecule has 1 aliphatic rings. The molecule has 1 saturated heterocycles. The van der Waals surface area contributed by atoms with Gasteiger partial charge in [0.15, 0.2) is 0 Å². The molecule has 1 atom stereocenters. The van der Waals surface area contributed by atoms with Crippen molar-refractivity contribution in [1.29, 1.82) is 0 Å². The molecule has 0 amide bonds. The quantitative estimate of drug-likeness (QED) is 0.778. The van der Waals surface area contributed by atoms with E-state index in [0.717, 1.165) is 29.3 Å². The molecule has 1 aliphatic heterocycles. The summed E-state index contributed by atoms with van der Waals surface area (Å²) in [7, 11) is 0. The topological polar surface area (TPSA) is 31.4 Å². The number of alkyl halides is 1. The fourth-order valence-electron chi connectivity index (χ4n) is 2.15. The van der Waals surface area contributed by atoms with Crippen LogP contribution in [0.5, 0.6) is 0 Å². The predicted octanol–water partition coefficient (Wildman–Crippen LogP) is 3.99. The highest BCUT2D eigenvalue weighted by molar-refractivity contribution is 7.13. The first kappa shape index (κ1) is 14.9. The summed E-state index contributed by atoms with van der Waals surface area (Å²) >= 11 is 7.20. The average Bonchev–Trinajstić information content (AvgIpc) is 3.17. The largest absolute Gasteiger partial charge is 0.379 e. The zero-order valence-electron chi connectivity index (χ0n) is 11.4. The molecular formula is C15H15ClFNO2S. The molecule has 0 radical (unpaired) electrons. The summed E-state index contributed by atoms with van der Waals surface area (Å²) in [6, 6.07) is 5.12. The number of hydrogen-bond acceptors (Lipinski definition) is 4. The van der Waals surface area contributed by atoms with Crippen LogP contribution in [-0.4, -0.2) is 24.3 Å². The molecule has 1 aromatic carbocycles.